The molecule has 0 bridgehead atoms. The van der Waals surface area contributed by atoms with Gasteiger partial charge in [0.2, 0.25) is 0 Å². The van der Waals surface area contributed by atoms with Crippen LogP contribution in [0.3, 0.4) is 0 Å². The molecule has 1 aliphatic rings. The maximum Gasteiger partial charge on any atom is 0.129 e. The minimum Gasteiger partial charge on any atom is -0.352 e. The minimum absolute atomic E-state index is 0.452. The van der Waals surface area contributed by atoms with Gasteiger partial charge in [-0.25, -0.2) is 4.98 Å². The molecular weight excluding hydrogens is 258 g/mol. The minimum atomic E-state index is 0.452. The number of aromatic nitrogens is 1. The van der Waals surface area contributed by atoms with Gasteiger partial charge in [0, 0.05) is 31.9 Å². The molecule has 0 radical (unpaired) electrons. The molecule has 1 aromatic rings. The van der Waals surface area contributed by atoms with Crippen molar-refractivity contribution in [1.82, 2.24) is 10.3 Å². The van der Waals surface area contributed by atoms with Crippen LogP contribution in [0.2, 0.25) is 5.02 Å². The van der Waals surface area contributed by atoms with Crippen molar-refractivity contribution in [3.8, 4) is 0 Å². The van der Waals surface area contributed by atoms with Gasteiger partial charge in [0.1, 0.15) is 5.82 Å². The summed E-state index contributed by atoms with van der Waals surface area (Å²) < 4.78 is 0. The fraction of sp³-hybridized carbons (Fsp3) is 0.533. The highest BCUT2D eigenvalue weighted by Gasteiger charge is 2.13. The van der Waals surface area contributed by atoms with Gasteiger partial charge in [-0.15, -0.1) is 0 Å². The van der Waals surface area contributed by atoms with Crippen LogP contribution in [0.15, 0.2) is 23.9 Å². The van der Waals surface area contributed by atoms with Gasteiger partial charge < -0.3 is 10.2 Å². The zero-order valence-electron chi connectivity index (χ0n) is 11.9. The molecule has 0 saturated heterocycles. The lowest BCUT2D eigenvalue weighted by Gasteiger charge is -2.27. The van der Waals surface area contributed by atoms with Crippen molar-refractivity contribution in [2.45, 2.75) is 39.8 Å². The summed E-state index contributed by atoms with van der Waals surface area (Å²) in [5, 5.41) is 4.14. The van der Waals surface area contributed by atoms with Crippen LogP contribution in [-0.4, -0.2) is 24.1 Å². The summed E-state index contributed by atoms with van der Waals surface area (Å²) in [6.07, 6.45) is 5.16. The van der Waals surface area contributed by atoms with Gasteiger partial charge >= 0.3 is 0 Å². The second kappa shape index (κ2) is 6.40. The van der Waals surface area contributed by atoms with Crippen LogP contribution in [0.4, 0.5) is 5.82 Å². The van der Waals surface area contributed by atoms with Gasteiger partial charge in [-0.1, -0.05) is 37.1 Å². The average Bonchev–Trinajstić information content (AvgIpc) is 2.37. The van der Waals surface area contributed by atoms with Crippen molar-refractivity contribution >= 4 is 17.4 Å². The number of nitrogens with one attached hydrogen (secondary N) is 1. The second-order valence-electron chi connectivity index (χ2n) is 5.43. The largest absolute Gasteiger partial charge is 0.352 e. The first-order valence-corrected chi connectivity index (χ1v) is 7.22. The number of pyridine rings is 1. The summed E-state index contributed by atoms with van der Waals surface area (Å²) >= 11 is 6.21. The summed E-state index contributed by atoms with van der Waals surface area (Å²) in [5.41, 5.74) is 2.53. The first-order chi connectivity index (χ1) is 9.06. The van der Waals surface area contributed by atoms with E-state index in [9.17, 15) is 0 Å². The van der Waals surface area contributed by atoms with Crippen LogP contribution in [0.25, 0.3) is 0 Å². The smallest absolute Gasteiger partial charge is 0.129 e. The lowest BCUT2D eigenvalue weighted by Crippen LogP contribution is -2.30. The highest BCUT2D eigenvalue weighted by Crippen LogP contribution is 2.23. The first-order valence-electron chi connectivity index (χ1n) is 6.84. The molecule has 19 heavy (non-hydrogen) atoms. The summed E-state index contributed by atoms with van der Waals surface area (Å²) in [6.45, 7) is 9.22. The van der Waals surface area contributed by atoms with E-state index < -0.39 is 0 Å². The van der Waals surface area contributed by atoms with E-state index in [1.807, 2.05) is 0 Å². The predicted octanol–water partition coefficient (Wildman–Crippen LogP) is 3.39. The normalized spacial score (nSPS) is 15.8. The molecule has 0 amide bonds. The van der Waals surface area contributed by atoms with Gasteiger partial charge in [0.25, 0.3) is 0 Å². The molecular formula is C15H22ClN3. The van der Waals surface area contributed by atoms with Crippen LogP contribution in [0.1, 0.15) is 32.8 Å². The number of nitrogens with zero attached hydrogens (tertiary/aromatic N) is 2. The predicted molar refractivity (Wildman–Crippen MR) is 81.8 cm³/mol. The molecule has 0 fully saturated rings. The molecule has 0 saturated carbocycles. The Balaban J connectivity index is 2.13. The number of anilines is 1. The molecule has 104 valence electrons. The Morgan fingerprint density at radius 3 is 2.95 bits per heavy atom. The van der Waals surface area contributed by atoms with Gasteiger partial charge in [-0.05, 0) is 25.0 Å². The topological polar surface area (TPSA) is 28.2 Å². The maximum atomic E-state index is 6.21. The van der Waals surface area contributed by atoms with Crippen molar-refractivity contribution in [2.75, 3.05) is 18.0 Å². The number of halogens is 1. The van der Waals surface area contributed by atoms with E-state index in [1.54, 1.807) is 6.20 Å². The molecule has 0 spiro atoms. The Labute approximate surface area is 120 Å². The lowest BCUT2D eigenvalue weighted by atomic mass is 10.1. The van der Waals surface area contributed by atoms with Crippen LogP contribution < -0.4 is 10.2 Å². The van der Waals surface area contributed by atoms with Gasteiger partial charge in [0.05, 0.1) is 5.02 Å². The molecule has 1 N–H and O–H groups in total. The third-order valence-corrected chi connectivity index (χ3v) is 3.62. The van der Waals surface area contributed by atoms with Crippen molar-refractivity contribution in [3.05, 3.63) is 34.5 Å². The van der Waals surface area contributed by atoms with Crippen molar-refractivity contribution in [1.29, 1.82) is 0 Å². The third-order valence-electron chi connectivity index (χ3n) is 3.28. The second-order valence-corrected chi connectivity index (χ2v) is 5.84. The Morgan fingerprint density at radius 2 is 2.26 bits per heavy atom. The monoisotopic (exact) mass is 279 g/mol. The van der Waals surface area contributed by atoms with E-state index >= 15 is 0 Å². The Kier molecular flexibility index (Phi) is 4.83. The molecule has 0 aliphatic carbocycles. The summed E-state index contributed by atoms with van der Waals surface area (Å²) in [7, 11) is 0. The molecule has 0 aromatic carbocycles. The van der Waals surface area contributed by atoms with E-state index in [0.717, 1.165) is 42.5 Å². The van der Waals surface area contributed by atoms with Crippen molar-refractivity contribution < 1.29 is 0 Å². The fourth-order valence-corrected chi connectivity index (χ4v) is 2.37. The van der Waals surface area contributed by atoms with Crippen LogP contribution >= 0.6 is 11.6 Å². The zero-order valence-corrected chi connectivity index (χ0v) is 12.7. The quantitative estimate of drug-likeness (QED) is 0.857. The molecule has 2 rings (SSSR count). The van der Waals surface area contributed by atoms with E-state index in [1.165, 1.54) is 5.57 Å². The van der Waals surface area contributed by atoms with Crippen molar-refractivity contribution in [2.24, 2.45) is 0 Å². The van der Waals surface area contributed by atoms with Crippen LogP contribution in [0.5, 0.6) is 0 Å². The zero-order chi connectivity index (χ0) is 13.8. The number of hydrogen-bond acceptors (Lipinski definition) is 3. The molecule has 4 heteroatoms. The van der Waals surface area contributed by atoms with Gasteiger partial charge in [-0.3, -0.25) is 0 Å². The van der Waals surface area contributed by atoms with E-state index in [-0.39, 0.29) is 0 Å². The highest BCUT2D eigenvalue weighted by molar-refractivity contribution is 6.31. The number of hydrogen-bond donors (Lipinski definition) is 1. The Morgan fingerprint density at radius 1 is 1.47 bits per heavy atom. The van der Waals surface area contributed by atoms with Crippen LogP contribution in [0, 0.1) is 0 Å². The Hall–Kier alpha value is -1.06. The SMILES string of the molecule is CC1=CCCN(c2cc(CNC(C)C)c(Cl)cn2)C1. The molecule has 0 unspecified atom stereocenters. The third kappa shape index (κ3) is 3.95. The first kappa shape index (κ1) is 14.4. The van der Waals surface area contributed by atoms with Gasteiger partial charge in [0.15, 0.2) is 0 Å². The van der Waals surface area contributed by atoms with E-state index in [0.29, 0.717) is 6.04 Å². The summed E-state index contributed by atoms with van der Waals surface area (Å²) in [5.74, 6) is 1.03. The van der Waals surface area contributed by atoms with Crippen molar-refractivity contribution in [3.63, 3.8) is 0 Å². The lowest BCUT2D eigenvalue weighted by molar-refractivity contribution is 0.588. The molecule has 2 heterocycles. The van der Waals surface area contributed by atoms with E-state index in [2.05, 4.69) is 48.1 Å². The highest BCUT2D eigenvalue weighted by atomic mass is 35.5. The molecule has 1 aliphatic heterocycles. The van der Waals surface area contributed by atoms with Gasteiger partial charge in [-0.2, -0.15) is 0 Å². The fourth-order valence-electron chi connectivity index (χ4n) is 2.20. The van der Waals surface area contributed by atoms with Crippen LogP contribution in [-0.2, 0) is 6.54 Å². The summed E-state index contributed by atoms with van der Waals surface area (Å²) in [4.78, 5) is 6.77. The van der Waals surface area contributed by atoms with E-state index in [4.69, 9.17) is 11.6 Å². The molecule has 3 nitrogen and oxygen atoms in total. The Bertz CT molecular complexity index is 468. The standard InChI is InChI=1S/C15H22ClN3/c1-11(2)17-8-13-7-15(18-9-14(13)16)19-6-4-5-12(3)10-19/h5,7,9,11,17H,4,6,8,10H2,1-3H3. The molecule has 1 aromatic heterocycles. The molecule has 0 atom stereocenters. The number of rotatable bonds is 4. The summed E-state index contributed by atoms with van der Waals surface area (Å²) in [6, 6.07) is 2.56. The maximum absolute atomic E-state index is 6.21. The average molecular weight is 280 g/mol.